The van der Waals surface area contributed by atoms with Gasteiger partial charge < -0.3 is 5.11 Å². The highest BCUT2D eigenvalue weighted by atomic mass is 35.5. The predicted molar refractivity (Wildman–Crippen MR) is 62.4 cm³/mol. The van der Waals surface area contributed by atoms with Gasteiger partial charge in [-0.1, -0.05) is 11.6 Å². The van der Waals surface area contributed by atoms with Crippen molar-refractivity contribution in [3.05, 3.63) is 34.6 Å². The van der Waals surface area contributed by atoms with Gasteiger partial charge in [-0.15, -0.1) is 0 Å². The number of carboxylic acid groups (broad SMARTS) is 1. The highest BCUT2D eigenvalue weighted by molar-refractivity contribution is 6.31. The zero-order valence-electron chi connectivity index (χ0n) is 9.20. The Morgan fingerprint density at radius 1 is 1.53 bits per heavy atom. The van der Waals surface area contributed by atoms with Crippen LogP contribution in [-0.2, 0) is 11.3 Å². The molecule has 0 unspecified atom stereocenters. The molecule has 0 aliphatic carbocycles. The van der Waals surface area contributed by atoms with Crippen molar-refractivity contribution in [1.82, 2.24) is 4.90 Å². The Morgan fingerprint density at radius 2 is 2.24 bits per heavy atom. The molecule has 1 fully saturated rings. The van der Waals surface area contributed by atoms with Crippen LogP contribution in [0, 0.1) is 11.7 Å². The van der Waals surface area contributed by atoms with Crippen molar-refractivity contribution < 1.29 is 14.3 Å². The van der Waals surface area contributed by atoms with Gasteiger partial charge in [-0.2, -0.15) is 0 Å². The number of nitrogens with zero attached hydrogens (tertiary/aromatic N) is 1. The lowest BCUT2D eigenvalue weighted by Gasteiger charge is -2.38. The standard InChI is InChI=1S/C12H13ClFNO2/c13-11-2-1-10(14)4-9(11)7-15-5-8(6-15)3-12(16)17/h1-2,4,8H,3,5-7H2,(H,16,17). The molecule has 0 radical (unpaired) electrons. The second kappa shape index (κ2) is 5.02. The van der Waals surface area contributed by atoms with Gasteiger partial charge in [0.1, 0.15) is 5.82 Å². The molecule has 1 aromatic rings. The number of halogens is 2. The molecule has 3 nitrogen and oxygen atoms in total. The van der Waals surface area contributed by atoms with Crippen molar-refractivity contribution in [1.29, 1.82) is 0 Å². The predicted octanol–water partition coefficient (Wildman–Crippen LogP) is 2.39. The van der Waals surface area contributed by atoms with Crippen LogP contribution in [0.4, 0.5) is 4.39 Å². The van der Waals surface area contributed by atoms with Gasteiger partial charge in [0.2, 0.25) is 0 Å². The van der Waals surface area contributed by atoms with Crippen LogP contribution in [0.15, 0.2) is 18.2 Å². The molecule has 1 N–H and O–H groups in total. The molecule has 1 aliphatic heterocycles. The van der Waals surface area contributed by atoms with E-state index in [0.717, 1.165) is 18.7 Å². The summed E-state index contributed by atoms with van der Waals surface area (Å²) >= 11 is 5.95. The van der Waals surface area contributed by atoms with Gasteiger partial charge in [0.05, 0.1) is 6.42 Å². The van der Waals surface area contributed by atoms with Crippen LogP contribution in [0.2, 0.25) is 5.02 Å². The summed E-state index contributed by atoms with van der Waals surface area (Å²) < 4.78 is 13.0. The molecular weight excluding hydrogens is 245 g/mol. The van der Waals surface area contributed by atoms with Crippen LogP contribution in [0.1, 0.15) is 12.0 Å². The van der Waals surface area contributed by atoms with Gasteiger partial charge in [0, 0.05) is 24.7 Å². The molecule has 0 spiro atoms. The van der Waals surface area contributed by atoms with E-state index in [-0.39, 0.29) is 18.2 Å². The summed E-state index contributed by atoms with van der Waals surface area (Å²) in [5, 5.41) is 9.17. The topological polar surface area (TPSA) is 40.5 Å². The molecule has 0 aromatic heterocycles. The van der Waals surface area contributed by atoms with Gasteiger partial charge >= 0.3 is 5.97 Å². The maximum atomic E-state index is 13.0. The molecule has 0 atom stereocenters. The molecule has 0 amide bonds. The van der Waals surface area contributed by atoms with Crippen molar-refractivity contribution >= 4 is 17.6 Å². The lowest BCUT2D eigenvalue weighted by atomic mass is 9.96. The Bertz CT molecular complexity index is 433. The number of carboxylic acids is 1. The van der Waals surface area contributed by atoms with Crippen LogP contribution < -0.4 is 0 Å². The summed E-state index contributed by atoms with van der Waals surface area (Å²) in [7, 11) is 0. The fraction of sp³-hybridized carbons (Fsp3) is 0.417. The summed E-state index contributed by atoms with van der Waals surface area (Å²) in [5.41, 5.74) is 0.750. The molecule has 1 heterocycles. The average Bonchev–Trinajstić information content (AvgIpc) is 2.19. The van der Waals surface area contributed by atoms with Crippen molar-refractivity contribution in [2.45, 2.75) is 13.0 Å². The average molecular weight is 258 g/mol. The summed E-state index contributed by atoms with van der Waals surface area (Å²) in [6.45, 7) is 2.05. The van der Waals surface area contributed by atoms with E-state index >= 15 is 0 Å². The number of aliphatic carboxylic acids is 1. The van der Waals surface area contributed by atoms with Gasteiger partial charge in [0.25, 0.3) is 0 Å². The molecule has 1 aliphatic rings. The quantitative estimate of drug-likeness (QED) is 0.900. The minimum atomic E-state index is -0.765. The molecule has 0 saturated carbocycles. The Hall–Kier alpha value is -1.13. The van der Waals surface area contributed by atoms with E-state index in [9.17, 15) is 9.18 Å². The lowest BCUT2D eigenvalue weighted by Crippen LogP contribution is -2.46. The Balaban J connectivity index is 1.87. The number of hydrogen-bond acceptors (Lipinski definition) is 2. The molecular formula is C12H13ClFNO2. The lowest BCUT2D eigenvalue weighted by molar-refractivity contribution is -0.139. The van der Waals surface area contributed by atoms with Gasteiger partial charge in [-0.3, -0.25) is 9.69 Å². The largest absolute Gasteiger partial charge is 0.481 e. The normalized spacial score (nSPS) is 16.8. The minimum Gasteiger partial charge on any atom is -0.481 e. The van der Waals surface area contributed by atoms with Crippen molar-refractivity contribution in [3.63, 3.8) is 0 Å². The zero-order valence-corrected chi connectivity index (χ0v) is 9.95. The van der Waals surface area contributed by atoms with E-state index in [0.29, 0.717) is 11.6 Å². The first-order valence-electron chi connectivity index (χ1n) is 5.42. The maximum absolute atomic E-state index is 13.0. The number of rotatable bonds is 4. The molecule has 0 bridgehead atoms. The Morgan fingerprint density at radius 3 is 2.88 bits per heavy atom. The Kier molecular flexibility index (Phi) is 3.64. The monoisotopic (exact) mass is 257 g/mol. The highest BCUT2D eigenvalue weighted by Crippen LogP contribution is 2.25. The molecule has 1 saturated heterocycles. The fourth-order valence-corrected chi connectivity index (χ4v) is 2.26. The summed E-state index contributed by atoms with van der Waals surface area (Å²) in [4.78, 5) is 12.5. The first kappa shape index (κ1) is 12.3. The minimum absolute atomic E-state index is 0.202. The number of carbonyl (C=O) groups is 1. The van der Waals surface area contributed by atoms with Crippen LogP contribution in [0.3, 0.4) is 0 Å². The van der Waals surface area contributed by atoms with E-state index in [2.05, 4.69) is 4.90 Å². The third kappa shape index (κ3) is 3.17. The van der Waals surface area contributed by atoms with Gasteiger partial charge in [-0.25, -0.2) is 4.39 Å². The molecule has 92 valence electrons. The number of benzene rings is 1. The SMILES string of the molecule is O=C(O)CC1CN(Cc2cc(F)ccc2Cl)C1. The van der Waals surface area contributed by atoms with Gasteiger partial charge in [0.15, 0.2) is 0 Å². The number of hydrogen-bond donors (Lipinski definition) is 1. The van der Waals surface area contributed by atoms with Crippen LogP contribution in [-0.4, -0.2) is 29.1 Å². The summed E-state index contributed by atoms with van der Waals surface area (Å²) in [5.74, 6) is -0.856. The number of likely N-dealkylation sites (tertiary alicyclic amines) is 1. The second-order valence-electron chi connectivity index (χ2n) is 4.39. The summed E-state index contributed by atoms with van der Waals surface area (Å²) in [6.07, 6.45) is 0.202. The van der Waals surface area contributed by atoms with E-state index in [1.807, 2.05) is 0 Å². The van der Waals surface area contributed by atoms with Crippen molar-refractivity contribution in [2.24, 2.45) is 5.92 Å². The smallest absolute Gasteiger partial charge is 0.303 e. The van der Waals surface area contributed by atoms with E-state index in [4.69, 9.17) is 16.7 Å². The zero-order chi connectivity index (χ0) is 12.4. The van der Waals surface area contributed by atoms with E-state index < -0.39 is 5.97 Å². The molecule has 2 rings (SSSR count). The summed E-state index contributed by atoms with van der Waals surface area (Å²) in [6, 6.07) is 4.29. The first-order valence-corrected chi connectivity index (χ1v) is 5.80. The van der Waals surface area contributed by atoms with Crippen LogP contribution in [0.5, 0.6) is 0 Å². The molecule has 1 aromatic carbocycles. The van der Waals surface area contributed by atoms with Crippen LogP contribution in [0.25, 0.3) is 0 Å². The highest BCUT2D eigenvalue weighted by Gasteiger charge is 2.28. The first-order chi connectivity index (χ1) is 8.04. The third-order valence-corrected chi connectivity index (χ3v) is 3.27. The van der Waals surface area contributed by atoms with E-state index in [1.165, 1.54) is 12.1 Å². The van der Waals surface area contributed by atoms with E-state index in [1.54, 1.807) is 6.07 Å². The molecule has 17 heavy (non-hydrogen) atoms. The van der Waals surface area contributed by atoms with Gasteiger partial charge in [-0.05, 0) is 29.7 Å². The molecule has 5 heteroatoms. The Labute approximate surface area is 104 Å². The third-order valence-electron chi connectivity index (χ3n) is 2.90. The fourth-order valence-electron chi connectivity index (χ4n) is 2.09. The van der Waals surface area contributed by atoms with Crippen LogP contribution >= 0.6 is 11.6 Å². The van der Waals surface area contributed by atoms with Crippen molar-refractivity contribution in [3.8, 4) is 0 Å². The second-order valence-corrected chi connectivity index (χ2v) is 4.80. The maximum Gasteiger partial charge on any atom is 0.303 e. The van der Waals surface area contributed by atoms with Crippen molar-refractivity contribution in [2.75, 3.05) is 13.1 Å².